The van der Waals surface area contributed by atoms with Gasteiger partial charge >= 0.3 is 11.9 Å². The molecule has 3 unspecified atom stereocenters. The molecule has 1 aliphatic carbocycles. The van der Waals surface area contributed by atoms with E-state index in [0.717, 1.165) is 25.8 Å². The van der Waals surface area contributed by atoms with Gasteiger partial charge in [-0.2, -0.15) is 0 Å². The second-order valence-corrected chi connectivity index (χ2v) is 9.39. The van der Waals surface area contributed by atoms with Crippen molar-refractivity contribution in [1.29, 1.82) is 0 Å². The Bertz CT molecular complexity index is 1140. The smallest absolute Gasteiger partial charge is 0.304 e. The van der Waals surface area contributed by atoms with Gasteiger partial charge in [-0.3, -0.25) is 24.0 Å². The molecule has 10 heteroatoms. The number of ether oxygens (including phenoxy) is 1. The van der Waals surface area contributed by atoms with Crippen LogP contribution in [0.3, 0.4) is 0 Å². The number of esters is 1. The number of allylic oxidation sites excluding steroid dienone is 6. The molecule has 194 valence electrons. The van der Waals surface area contributed by atoms with Gasteiger partial charge in [-0.25, -0.2) is 0 Å². The number of aliphatic carboxylic acids is 1. The summed E-state index contributed by atoms with van der Waals surface area (Å²) in [5.74, 6) is -4.13. The van der Waals surface area contributed by atoms with Crippen molar-refractivity contribution in [3.05, 3.63) is 58.0 Å². The quantitative estimate of drug-likeness (QED) is 0.254. The second kappa shape index (κ2) is 11.5. The number of nitrogens with two attached hydrogens (primary N) is 1. The molecule has 3 N–H and O–H groups in total. The Morgan fingerprint density at radius 2 is 1.89 bits per heavy atom. The number of ketones is 2. The Morgan fingerprint density at radius 1 is 1.25 bits per heavy atom. The Morgan fingerprint density at radius 3 is 2.42 bits per heavy atom. The van der Waals surface area contributed by atoms with Crippen molar-refractivity contribution in [2.24, 2.45) is 11.7 Å². The summed E-state index contributed by atoms with van der Waals surface area (Å²) in [5, 5.41) is 8.85. The van der Waals surface area contributed by atoms with Gasteiger partial charge in [-0.15, -0.1) is 0 Å². The third kappa shape index (κ3) is 6.20. The van der Waals surface area contributed by atoms with Crippen molar-refractivity contribution < 1.29 is 33.8 Å². The SMILES string of the molecule is CCC(C)C=C(C)C=CC1=CC2=C(Cl)C(=O)C(C)(OC(C)=O)C(=O)C2=CN1C(CCC(=O)O)C(N)=O. The average Bonchev–Trinajstić information content (AvgIpc) is 2.79. The summed E-state index contributed by atoms with van der Waals surface area (Å²) < 4.78 is 5.07. The maximum Gasteiger partial charge on any atom is 0.304 e. The zero-order valence-electron chi connectivity index (χ0n) is 21.0. The van der Waals surface area contributed by atoms with Crippen molar-refractivity contribution in [3.8, 4) is 0 Å². The highest BCUT2D eigenvalue weighted by Gasteiger charge is 2.52. The lowest BCUT2D eigenvalue weighted by Crippen LogP contribution is -2.52. The summed E-state index contributed by atoms with van der Waals surface area (Å²) in [6.45, 7) is 8.25. The van der Waals surface area contributed by atoms with Gasteiger partial charge in [0, 0.05) is 36.4 Å². The van der Waals surface area contributed by atoms with Crippen molar-refractivity contribution in [2.45, 2.75) is 65.5 Å². The normalized spacial score (nSPS) is 22.2. The highest BCUT2D eigenvalue weighted by atomic mass is 35.5. The third-order valence-corrected chi connectivity index (χ3v) is 6.42. The zero-order valence-corrected chi connectivity index (χ0v) is 21.7. The number of rotatable bonds is 10. The predicted molar refractivity (Wildman–Crippen MR) is 133 cm³/mol. The fourth-order valence-corrected chi connectivity index (χ4v) is 4.28. The molecule has 0 aromatic heterocycles. The standard InChI is InChI=1S/C26H31ClN2O7/c1-6-14(2)11-15(3)7-8-17-12-18-19(13-29(17)20(25(28)35)9-10-21(31)32)23(33)26(5,36-16(4)30)24(34)22(18)27/h7-8,11-14,20H,6,9-10H2,1-5H3,(H2,28,35)(H,31,32). The Hall–Kier alpha value is -3.46. The van der Waals surface area contributed by atoms with Crippen LogP contribution in [-0.2, 0) is 28.7 Å². The molecule has 2 rings (SSSR count). The second-order valence-electron chi connectivity index (χ2n) is 9.01. The van der Waals surface area contributed by atoms with Crippen LogP contribution in [0.1, 0.15) is 53.9 Å². The lowest BCUT2D eigenvalue weighted by atomic mass is 9.79. The largest absolute Gasteiger partial charge is 0.481 e. The van der Waals surface area contributed by atoms with Crippen molar-refractivity contribution in [1.82, 2.24) is 4.90 Å². The minimum Gasteiger partial charge on any atom is -0.481 e. The van der Waals surface area contributed by atoms with Crippen LogP contribution in [0.4, 0.5) is 0 Å². The minimum absolute atomic E-state index is 0.0612. The van der Waals surface area contributed by atoms with Crippen molar-refractivity contribution in [2.75, 3.05) is 0 Å². The first-order chi connectivity index (χ1) is 16.7. The van der Waals surface area contributed by atoms with E-state index in [1.54, 1.807) is 12.2 Å². The fourth-order valence-electron chi connectivity index (χ4n) is 3.94. The first-order valence-electron chi connectivity index (χ1n) is 11.5. The van der Waals surface area contributed by atoms with Crippen LogP contribution in [-0.4, -0.2) is 51.1 Å². The molecule has 0 aromatic carbocycles. The lowest BCUT2D eigenvalue weighted by Gasteiger charge is -2.37. The number of fused-ring (bicyclic) bond motifs is 1. The first-order valence-corrected chi connectivity index (χ1v) is 11.9. The van der Waals surface area contributed by atoms with Crippen LogP contribution < -0.4 is 5.73 Å². The Labute approximate surface area is 215 Å². The topological polar surface area (TPSA) is 144 Å². The lowest BCUT2D eigenvalue weighted by molar-refractivity contribution is -0.167. The molecule has 0 fully saturated rings. The highest BCUT2D eigenvalue weighted by Crippen LogP contribution is 2.40. The molecule has 1 heterocycles. The molecular formula is C26H31ClN2O7. The highest BCUT2D eigenvalue weighted by molar-refractivity contribution is 6.49. The number of primary amides is 1. The van der Waals surface area contributed by atoms with Gasteiger partial charge in [0.15, 0.2) is 0 Å². The molecular weight excluding hydrogens is 488 g/mol. The maximum absolute atomic E-state index is 13.4. The molecule has 0 aromatic rings. The van der Waals surface area contributed by atoms with Crippen molar-refractivity contribution >= 4 is 41.0 Å². The molecule has 1 aliphatic heterocycles. The summed E-state index contributed by atoms with van der Waals surface area (Å²) in [7, 11) is 0. The molecule has 0 bridgehead atoms. The van der Waals surface area contributed by atoms with E-state index in [0.29, 0.717) is 11.6 Å². The number of carbonyl (C=O) groups is 5. The number of nitrogens with zero attached hydrogens (tertiary/aromatic N) is 1. The van der Waals surface area contributed by atoms with Crippen LogP contribution in [0.25, 0.3) is 0 Å². The van der Waals surface area contributed by atoms with Gasteiger partial charge in [-0.1, -0.05) is 49.6 Å². The van der Waals surface area contributed by atoms with Gasteiger partial charge in [-0.05, 0) is 38.3 Å². The van der Waals surface area contributed by atoms with E-state index < -0.39 is 41.1 Å². The number of hydrogen-bond donors (Lipinski definition) is 2. The van der Waals surface area contributed by atoms with Crippen LogP contribution >= 0.6 is 11.6 Å². The first kappa shape index (κ1) is 28.8. The van der Waals surface area contributed by atoms with Gasteiger partial charge in [0.1, 0.15) is 6.04 Å². The maximum atomic E-state index is 13.4. The number of Topliss-reactive ketones (excluding diaryl/α,β-unsaturated/α-hetero) is 2. The van der Waals surface area contributed by atoms with Gasteiger partial charge < -0.3 is 20.5 Å². The molecule has 0 radical (unpaired) electrons. The molecule has 1 amide bonds. The van der Waals surface area contributed by atoms with Gasteiger partial charge in [0.05, 0.1) is 5.03 Å². The van der Waals surface area contributed by atoms with E-state index in [-0.39, 0.29) is 29.0 Å². The molecule has 2 aliphatic rings. The molecule has 0 saturated heterocycles. The number of hydrogen-bond acceptors (Lipinski definition) is 7. The number of carboxylic acid groups (broad SMARTS) is 1. The Kier molecular flexibility index (Phi) is 9.21. The van der Waals surface area contributed by atoms with E-state index in [9.17, 15) is 24.0 Å². The fraction of sp³-hybridized carbons (Fsp3) is 0.423. The van der Waals surface area contributed by atoms with Crippen LogP contribution in [0.15, 0.2) is 58.0 Å². The molecule has 0 saturated carbocycles. The van der Waals surface area contributed by atoms with E-state index in [2.05, 4.69) is 19.9 Å². The van der Waals surface area contributed by atoms with E-state index in [1.165, 1.54) is 17.2 Å². The van der Waals surface area contributed by atoms with Crippen LogP contribution in [0.2, 0.25) is 0 Å². The molecule has 9 nitrogen and oxygen atoms in total. The summed E-state index contributed by atoms with van der Waals surface area (Å²) in [6, 6.07) is -1.12. The summed E-state index contributed by atoms with van der Waals surface area (Å²) in [5.41, 5.74) is 4.79. The Balaban J connectivity index is 2.70. The van der Waals surface area contributed by atoms with E-state index >= 15 is 0 Å². The van der Waals surface area contributed by atoms with Crippen LogP contribution in [0, 0.1) is 5.92 Å². The zero-order chi connectivity index (χ0) is 27.4. The summed E-state index contributed by atoms with van der Waals surface area (Å²) >= 11 is 6.36. The van der Waals surface area contributed by atoms with Gasteiger partial charge in [0.25, 0.3) is 0 Å². The van der Waals surface area contributed by atoms with Crippen molar-refractivity contribution in [3.63, 3.8) is 0 Å². The van der Waals surface area contributed by atoms with Crippen LogP contribution in [0.5, 0.6) is 0 Å². The number of amides is 1. The number of halogens is 1. The molecule has 0 spiro atoms. The molecule has 3 atom stereocenters. The predicted octanol–water partition coefficient (Wildman–Crippen LogP) is 3.30. The minimum atomic E-state index is -2.18. The monoisotopic (exact) mass is 518 g/mol. The number of carboxylic acids is 1. The summed E-state index contributed by atoms with van der Waals surface area (Å²) in [6.07, 6.45) is 8.75. The van der Waals surface area contributed by atoms with E-state index in [4.69, 9.17) is 27.2 Å². The number of carbonyl (C=O) groups excluding carboxylic acids is 4. The van der Waals surface area contributed by atoms with Gasteiger partial charge in [0.2, 0.25) is 23.1 Å². The van der Waals surface area contributed by atoms with E-state index in [1.807, 2.05) is 6.92 Å². The molecule has 36 heavy (non-hydrogen) atoms. The average molecular weight is 519 g/mol. The summed E-state index contributed by atoms with van der Waals surface area (Å²) in [4.78, 5) is 62.9. The third-order valence-electron chi connectivity index (χ3n) is 6.05.